The van der Waals surface area contributed by atoms with Crippen LogP contribution in [-0.2, 0) is 30.7 Å². The first-order valence-electron chi connectivity index (χ1n) is 14.9. The van der Waals surface area contributed by atoms with E-state index in [4.69, 9.17) is 10.5 Å². The minimum absolute atomic E-state index is 0.0802. The number of nitrogen functional groups attached to an aromatic ring is 1. The third kappa shape index (κ3) is 9.93. The van der Waals surface area contributed by atoms with E-state index in [1.807, 2.05) is 67.6 Å². The van der Waals surface area contributed by atoms with E-state index < -0.39 is 6.10 Å². The summed E-state index contributed by atoms with van der Waals surface area (Å²) in [5, 5.41) is 19.7. The van der Waals surface area contributed by atoms with Crippen LogP contribution in [0.15, 0.2) is 91.1 Å². The number of aliphatic hydroxyl groups is 1. The van der Waals surface area contributed by atoms with E-state index in [9.17, 15) is 14.7 Å². The number of para-hydroxylation sites is 1. The van der Waals surface area contributed by atoms with Crippen LogP contribution in [0.2, 0.25) is 0 Å². The molecule has 2 atom stereocenters. The number of aromatic nitrogens is 1. The minimum atomic E-state index is -0.678. The van der Waals surface area contributed by atoms with Gasteiger partial charge in [0.05, 0.1) is 19.1 Å². The van der Waals surface area contributed by atoms with Crippen LogP contribution in [0.1, 0.15) is 58.1 Å². The fourth-order valence-electron chi connectivity index (χ4n) is 4.78. The van der Waals surface area contributed by atoms with Crippen LogP contribution in [0.5, 0.6) is 5.75 Å². The van der Waals surface area contributed by atoms with Crippen molar-refractivity contribution < 1.29 is 19.4 Å². The smallest absolute Gasteiger partial charge is 0.251 e. The Balaban J connectivity index is 1.20. The predicted molar refractivity (Wildman–Crippen MR) is 172 cm³/mol. The molecule has 9 heteroatoms. The standard InChI is InChI=1S/C35H41N5O4/c1-3-44-32-10-5-4-9-30(32)22-40-35(43)28-13-11-25(12-14-28)20-39-34(42)19-27-8-6-7-26(18-27)17-24(2)37-23-31(41)29-15-16-33(36)38-21-29/h4-16,18,21,24,31,37,41H,3,17,19-20,22-23H2,1-2H3,(H2,36,38)(H,39,42)(H,40,43)/t24?,31-/m1/s1. The number of pyridine rings is 1. The van der Waals surface area contributed by atoms with Gasteiger partial charge in [-0.25, -0.2) is 4.98 Å². The molecule has 0 fully saturated rings. The number of aliphatic hydroxyl groups excluding tert-OH is 1. The maximum Gasteiger partial charge on any atom is 0.251 e. The van der Waals surface area contributed by atoms with Gasteiger partial charge in [-0.1, -0.05) is 60.7 Å². The molecule has 0 bridgehead atoms. The van der Waals surface area contributed by atoms with Gasteiger partial charge < -0.3 is 31.5 Å². The zero-order valence-electron chi connectivity index (χ0n) is 25.3. The number of hydrogen-bond donors (Lipinski definition) is 5. The summed E-state index contributed by atoms with van der Waals surface area (Å²) in [5.74, 6) is 0.929. The van der Waals surface area contributed by atoms with Gasteiger partial charge >= 0.3 is 0 Å². The number of amides is 2. The Kier molecular flexibility index (Phi) is 11.9. The van der Waals surface area contributed by atoms with Gasteiger partial charge in [-0.2, -0.15) is 0 Å². The number of benzene rings is 3. The van der Waals surface area contributed by atoms with Gasteiger partial charge in [0, 0.05) is 48.6 Å². The Hall–Kier alpha value is -4.73. The quantitative estimate of drug-likeness (QED) is 0.139. The molecule has 3 aromatic carbocycles. The Bertz CT molecular complexity index is 1510. The molecule has 44 heavy (non-hydrogen) atoms. The van der Waals surface area contributed by atoms with Gasteiger partial charge in [-0.15, -0.1) is 0 Å². The fraction of sp³-hybridized carbons (Fsp3) is 0.286. The number of carbonyl (C=O) groups is 2. The minimum Gasteiger partial charge on any atom is -0.494 e. The maximum absolute atomic E-state index is 12.7. The number of hydrogen-bond acceptors (Lipinski definition) is 7. The van der Waals surface area contributed by atoms with E-state index in [-0.39, 0.29) is 24.3 Å². The SMILES string of the molecule is CCOc1ccccc1CNC(=O)c1ccc(CNC(=O)Cc2cccc(CC(C)NC[C@@H](O)c3ccc(N)nc3)c2)cc1. The molecule has 9 nitrogen and oxygen atoms in total. The molecule has 4 aromatic rings. The lowest BCUT2D eigenvalue weighted by molar-refractivity contribution is -0.120. The first kappa shape index (κ1) is 32.2. The van der Waals surface area contributed by atoms with Crippen LogP contribution >= 0.6 is 0 Å². The highest BCUT2D eigenvalue weighted by molar-refractivity contribution is 5.94. The summed E-state index contributed by atoms with van der Waals surface area (Å²) in [7, 11) is 0. The van der Waals surface area contributed by atoms with Gasteiger partial charge in [0.25, 0.3) is 5.91 Å². The highest BCUT2D eigenvalue weighted by Crippen LogP contribution is 2.18. The van der Waals surface area contributed by atoms with E-state index in [2.05, 4.69) is 27.9 Å². The van der Waals surface area contributed by atoms with Crippen LogP contribution in [-0.4, -0.2) is 41.1 Å². The molecule has 4 rings (SSSR count). The van der Waals surface area contributed by atoms with Crippen molar-refractivity contribution in [2.75, 3.05) is 18.9 Å². The Morgan fingerprint density at radius 1 is 0.909 bits per heavy atom. The highest BCUT2D eigenvalue weighted by Gasteiger charge is 2.12. The summed E-state index contributed by atoms with van der Waals surface area (Å²) in [6, 6.07) is 26.4. The van der Waals surface area contributed by atoms with Crippen molar-refractivity contribution >= 4 is 17.6 Å². The summed E-state index contributed by atoms with van der Waals surface area (Å²) >= 11 is 0. The van der Waals surface area contributed by atoms with Crippen molar-refractivity contribution in [1.82, 2.24) is 20.9 Å². The predicted octanol–water partition coefficient (Wildman–Crippen LogP) is 4.11. The number of ether oxygens (including phenoxy) is 1. The summed E-state index contributed by atoms with van der Waals surface area (Å²) < 4.78 is 5.63. The van der Waals surface area contributed by atoms with Crippen molar-refractivity contribution in [1.29, 1.82) is 0 Å². The van der Waals surface area contributed by atoms with Crippen LogP contribution < -0.4 is 26.4 Å². The molecule has 1 heterocycles. The molecule has 0 aliphatic rings. The van der Waals surface area contributed by atoms with Crippen LogP contribution in [0, 0.1) is 0 Å². The van der Waals surface area contributed by atoms with Crippen molar-refractivity contribution in [3.8, 4) is 5.75 Å². The fourth-order valence-corrected chi connectivity index (χ4v) is 4.78. The molecule has 0 spiro atoms. The molecule has 1 aromatic heterocycles. The Labute approximate surface area is 258 Å². The third-order valence-corrected chi connectivity index (χ3v) is 7.17. The molecule has 0 aliphatic heterocycles. The van der Waals surface area contributed by atoms with E-state index in [1.54, 1.807) is 30.5 Å². The molecule has 0 radical (unpaired) electrons. The van der Waals surface area contributed by atoms with Crippen LogP contribution in [0.25, 0.3) is 0 Å². The van der Waals surface area contributed by atoms with Crippen molar-refractivity contribution in [2.24, 2.45) is 0 Å². The summed E-state index contributed by atoms with van der Waals surface area (Å²) in [5.41, 5.74) is 10.7. The van der Waals surface area contributed by atoms with Gasteiger partial charge in [0.1, 0.15) is 11.6 Å². The second kappa shape index (κ2) is 16.2. The van der Waals surface area contributed by atoms with Crippen molar-refractivity contribution in [3.63, 3.8) is 0 Å². The molecule has 0 saturated heterocycles. The average molecular weight is 596 g/mol. The summed E-state index contributed by atoms with van der Waals surface area (Å²) in [4.78, 5) is 29.4. The monoisotopic (exact) mass is 595 g/mol. The van der Waals surface area contributed by atoms with Gasteiger partial charge in [-0.3, -0.25) is 9.59 Å². The highest BCUT2D eigenvalue weighted by atomic mass is 16.5. The van der Waals surface area contributed by atoms with Gasteiger partial charge in [0.15, 0.2) is 0 Å². The van der Waals surface area contributed by atoms with E-state index in [0.717, 1.165) is 34.4 Å². The molecule has 2 amide bonds. The van der Waals surface area contributed by atoms with Gasteiger partial charge in [-0.05, 0) is 61.2 Å². The number of carbonyl (C=O) groups excluding carboxylic acids is 2. The largest absolute Gasteiger partial charge is 0.494 e. The summed E-state index contributed by atoms with van der Waals surface area (Å²) in [6.45, 7) is 5.68. The molecule has 6 N–H and O–H groups in total. The molecular weight excluding hydrogens is 554 g/mol. The van der Waals surface area contributed by atoms with Gasteiger partial charge in [0.2, 0.25) is 5.91 Å². The third-order valence-electron chi connectivity index (χ3n) is 7.17. The number of nitrogens with two attached hydrogens (primary N) is 1. The lowest BCUT2D eigenvalue weighted by Crippen LogP contribution is -2.32. The van der Waals surface area contributed by atoms with E-state index in [1.165, 1.54) is 0 Å². The number of nitrogens with one attached hydrogen (secondary N) is 3. The molecule has 0 saturated carbocycles. The number of rotatable bonds is 15. The molecule has 1 unspecified atom stereocenters. The average Bonchev–Trinajstić information content (AvgIpc) is 3.03. The normalized spacial score (nSPS) is 12.2. The van der Waals surface area contributed by atoms with Crippen LogP contribution in [0.3, 0.4) is 0 Å². The first-order valence-corrected chi connectivity index (χ1v) is 14.9. The van der Waals surface area contributed by atoms with E-state index >= 15 is 0 Å². The second-order valence-corrected chi connectivity index (χ2v) is 10.7. The van der Waals surface area contributed by atoms with Crippen molar-refractivity contribution in [3.05, 3.63) is 125 Å². The number of nitrogens with zero attached hydrogens (tertiary/aromatic N) is 1. The lowest BCUT2D eigenvalue weighted by atomic mass is 10.0. The second-order valence-electron chi connectivity index (χ2n) is 10.7. The number of anilines is 1. The topological polar surface area (TPSA) is 139 Å². The molecular formula is C35H41N5O4. The maximum atomic E-state index is 12.7. The first-order chi connectivity index (χ1) is 21.3. The summed E-state index contributed by atoms with van der Waals surface area (Å²) in [6.07, 6.45) is 1.92. The zero-order valence-corrected chi connectivity index (χ0v) is 25.3. The Morgan fingerprint density at radius 2 is 1.68 bits per heavy atom. The lowest BCUT2D eigenvalue weighted by Gasteiger charge is -2.18. The van der Waals surface area contributed by atoms with E-state index in [0.29, 0.717) is 43.2 Å². The molecule has 230 valence electrons. The zero-order chi connectivity index (χ0) is 31.3. The Morgan fingerprint density at radius 3 is 2.43 bits per heavy atom. The van der Waals surface area contributed by atoms with Crippen LogP contribution in [0.4, 0.5) is 5.82 Å². The van der Waals surface area contributed by atoms with Crippen molar-refractivity contribution in [2.45, 2.75) is 51.9 Å². The molecule has 0 aliphatic carbocycles.